The van der Waals surface area contributed by atoms with E-state index >= 15 is 0 Å². The number of rotatable bonds is 5. The van der Waals surface area contributed by atoms with E-state index in [1.165, 1.54) is 5.56 Å². The molecule has 28 heavy (non-hydrogen) atoms. The normalized spacial score (nSPS) is 11.2. The van der Waals surface area contributed by atoms with Crippen LogP contribution in [0.15, 0.2) is 90.2 Å². The van der Waals surface area contributed by atoms with Gasteiger partial charge in [0.05, 0.1) is 6.21 Å². The summed E-state index contributed by atoms with van der Waals surface area (Å²) < 4.78 is 3.21. The number of nitrogens with one attached hydrogen (secondary N) is 1. The number of fused-ring (bicyclic) bond motifs is 1. The van der Waals surface area contributed by atoms with Gasteiger partial charge in [0.15, 0.2) is 0 Å². The molecule has 0 unspecified atom stereocenters. The Morgan fingerprint density at radius 1 is 1.00 bits per heavy atom. The molecular weight excluding hydrogens is 461 g/mol. The second-order valence-electron chi connectivity index (χ2n) is 6.42. The number of para-hydroxylation sites is 1. The predicted octanol–water partition coefficient (Wildman–Crippen LogP) is 5.06. The number of aromatic nitrogens is 1. The third-order valence-corrected chi connectivity index (χ3v) is 5.14. The average molecular weight is 479 g/mol. The minimum Gasteiger partial charge on any atom is -0.342 e. The zero-order valence-electron chi connectivity index (χ0n) is 15.0. The Labute approximate surface area is 177 Å². The van der Waals surface area contributed by atoms with Crippen LogP contribution in [0.3, 0.4) is 0 Å². The zero-order valence-corrected chi connectivity index (χ0v) is 17.2. The third kappa shape index (κ3) is 4.14. The van der Waals surface area contributed by atoms with Crippen molar-refractivity contribution in [3.05, 3.63) is 105 Å². The molecule has 0 aliphatic rings. The lowest BCUT2D eigenvalue weighted by Gasteiger charge is -2.05. The quantitative estimate of drug-likeness (QED) is 0.243. The zero-order chi connectivity index (χ0) is 19.3. The lowest BCUT2D eigenvalue weighted by atomic mass is 10.2. The molecule has 0 saturated heterocycles. The minimum absolute atomic E-state index is 0.220. The number of carbonyl (C=O) groups excluding carboxylic acids is 1. The molecule has 1 heterocycles. The Morgan fingerprint density at radius 2 is 1.79 bits per heavy atom. The summed E-state index contributed by atoms with van der Waals surface area (Å²) in [7, 11) is 0. The molecule has 4 nitrogen and oxygen atoms in total. The number of hydrogen-bond acceptors (Lipinski definition) is 2. The SMILES string of the molecule is O=C(N/N=C\c1cn(Cc2ccccc2)c2ccccc12)c1cccc(I)c1. The van der Waals surface area contributed by atoms with Gasteiger partial charge in [0.2, 0.25) is 0 Å². The molecule has 4 aromatic rings. The van der Waals surface area contributed by atoms with Gasteiger partial charge < -0.3 is 4.57 Å². The van der Waals surface area contributed by atoms with Crippen LogP contribution in [0.25, 0.3) is 10.9 Å². The topological polar surface area (TPSA) is 46.4 Å². The van der Waals surface area contributed by atoms with Crippen LogP contribution in [0.2, 0.25) is 0 Å². The standard InChI is InChI=1S/C23H18IN3O/c24-20-10-6-9-18(13-20)23(28)26-25-14-19-16-27(15-17-7-2-1-3-8-17)22-12-5-4-11-21(19)22/h1-14,16H,15H2,(H,26,28)/b25-14-. The Bertz CT molecular complexity index is 1150. The molecule has 0 aliphatic heterocycles. The Kier molecular flexibility index (Phi) is 5.53. The second-order valence-corrected chi connectivity index (χ2v) is 7.67. The lowest BCUT2D eigenvalue weighted by molar-refractivity contribution is 0.0955. The smallest absolute Gasteiger partial charge is 0.271 e. The van der Waals surface area contributed by atoms with Crippen LogP contribution in [0.1, 0.15) is 21.5 Å². The fraction of sp³-hybridized carbons (Fsp3) is 0.0435. The maximum atomic E-state index is 12.3. The van der Waals surface area contributed by atoms with Gasteiger partial charge in [0, 0.05) is 38.3 Å². The first-order valence-corrected chi connectivity index (χ1v) is 9.99. The molecule has 0 fully saturated rings. The van der Waals surface area contributed by atoms with Gasteiger partial charge >= 0.3 is 0 Å². The van der Waals surface area contributed by atoms with Crippen LogP contribution >= 0.6 is 22.6 Å². The van der Waals surface area contributed by atoms with Crippen molar-refractivity contribution in [3.8, 4) is 0 Å². The van der Waals surface area contributed by atoms with Crippen LogP contribution in [0, 0.1) is 3.57 Å². The van der Waals surface area contributed by atoms with Crippen molar-refractivity contribution in [2.24, 2.45) is 5.10 Å². The first-order chi connectivity index (χ1) is 13.7. The van der Waals surface area contributed by atoms with Crippen molar-refractivity contribution in [2.45, 2.75) is 6.54 Å². The number of hydrazone groups is 1. The molecule has 0 saturated carbocycles. The van der Waals surface area contributed by atoms with Gasteiger partial charge in [-0.1, -0.05) is 54.6 Å². The number of amides is 1. The Balaban J connectivity index is 1.57. The number of halogens is 1. The molecule has 3 aromatic carbocycles. The highest BCUT2D eigenvalue weighted by molar-refractivity contribution is 14.1. The van der Waals surface area contributed by atoms with E-state index in [2.05, 4.69) is 68.1 Å². The van der Waals surface area contributed by atoms with Crippen molar-refractivity contribution in [1.29, 1.82) is 0 Å². The fourth-order valence-electron chi connectivity index (χ4n) is 3.14. The molecule has 0 bridgehead atoms. The first kappa shape index (κ1) is 18.4. The van der Waals surface area contributed by atoms with Crippen LogP contribution in [0.5, 0.6) is 0 Å². The van der Waals surface area contributed by atoms with Crippen molar-refractivity contribution in [1.82, 2.24) is 9.99 Å². The van der Waals surface area contributed by atoms with Crippen LogP contribution in [0.4, 0.5) is 0 Å². The number of nitrogens with zero attached hydrogens (tertiary/aromatic N) is 2. The molecule has 0 aliphatic carbocycles. The second kappa shape index (κ2) is 8.39. The van der Waals surface area contributed by atoms with Gasteiger partial charge in [-0.2, -0.15) is 5.10 Å². The third-order valence-electron chi connectivity index (χ3n) is 4.47. The van der Waals surface area contributed by atoms with E-state index in [9.17, 15) is 4.79 Å². The van der Waals surface area contributed by atoms with E-state index in [1.807, 2.05) is 48.5 Å². The van der Waals surface area contributed by atoms with E-state index < -0.39 is 0 Å². The highest BCUT2D eigenvalue weighted by atomic mass is 127. The van der Waals surface area contributed by atoms with E-state index in [-0.39, 0.29) is 5.91 Å². The molecule has 0 spiro atoms. The van der Waals surface area contributed by atoms with Gasteiger partial charge in [-0.3, -0.25) is 4.79 Å². The lowest BCUT2D eigenvalue weighted by Crippen LogP contribution is -2.17. The van der Waals surface area contributed by atoms with Crippen molar-refractivity contribution in [2.75, 3.05) is 0 Å². The van der Waals surface area contributed by atoms with E-state index in [0.29, 0.717) is 5.56 Å². The number of hydrogen-bond donors (Lipinski definition) is 1. The molecule has 1 N–H and O–H groups in total. The molecule has 4 rings (SSSR count). The summed E-state index contributed by atoms with van der Waals surface area (Å²) in [6.07, 6.45) is 3.77. The van der Waals surface area contributed by atoms with Crippen molar-refractivity contribution < 1.29 is 4.79 Å². The largest absolute Gasteiger partial charge is 0.342 e. The average Bonchev–Trinajstić information content (AvgIpc) is 3.06. The first-order valence-electron chi connectivity index (χ1n) is 8.91. The fourth-order valence-corrected chi connectivity index (χ4v) is 3.69. The number of carbonyl (C=O) groups is 1. The Hall–Kier alpha value is -2.93. The Morgan fingerprint density at radius 3 is 2.61 bits per heavy atom. The van der Waals surface area contributed by atoms with Crippen LogP contribution < -0.4 is 5.43 Å². The van der Waals surface area contributed by atoms with Crippen molar-refractivity contribution >= 4 is 45.6 Å². The van der Waals surface area contributed by atoms with Gasteiger partial charge in [-0.25, -0.2) is 5.43 Å². The maximum absolute atomic E-state index is 12.3. The number of benzene rings is 3. The summed E-state index contributed by atoms with van der Waals surface area (Å²) in [5.74, 6) is -0.220. The summed E-state index contributed by atoms with van der Waals surface area (Å²) in [4.78, 5) is 12.3. The van der Waals surface area contributed by atoms with Gasteiger partial charge in [0.1, 0.15) is 0 Å². The molecule has 138 valence electrons. The molecule has 1 amide bonds. The molecule has 5 heteroatoms. The van der Waals surface area contributed by atoms with Crippen LogP contribution in [-0.2, 0) is 6.54 Å². The molecule has 1 aromatic heterocycles. The van der Waals surface area contributed by atoms with Crippen molar-refractivity contribution in [3.63, 3.8) is 0 Å². The predicted molar refractivity (Wildman–Crippen MR) is 122 cm³/mol. The van der Waals surface area contributed by atoms with E-state index in [4.69, 9.17) is 0 Å². The molecular formula is C23H18IN3O. The maximum Gasteiger partial charge on any atom is 0.271 e. The highest BCUT2D eigenvalue weighted by Gasteiger charge is 2.08. The van der Waals surface area contributed by atoms with E-state index in [1.54, 1.807) is 12.3 Å². The van der Waals surface area contributed by atoms with Crippen LogP contribution in [-0.4, -0.2) is 16.7 Å². The summed E-state index contributed by atoms with van der Waals surface area (Å²) in [5, 5.41) is 5.28. The summed E-state index contributed by atoms with van der Waals surface area (Å²) in [6, 6.07) is 26.0. The van der Waals surface area contributed by atoms with Gasteiger partial charge in [0.25, 0.3) is 5.91 Å². The highest BCUT2D eigenvalue weighted by Crippen LogP contribution is 2.21. The van der Waals surface area contributed by atoms with Gasteiger partial charge in [-0.15, -0.1) is 0 Å². The summed E-state index contributed by atoms with van der Waals surface area (Å²) in [5.41, 5.74) is 6.55. The monoisotopic (exact) mass is 479 g/mol. The molecule has 0 radical (unpaired) electrons. The van der Waals surface area contributed by atoms with Gasteiger partial charge in [-0.05, 0) is 52.4 Å². The summed E-state index contributed by atoms with van der Waals surface area (Å²) in [6.45, 7) is 0.782. The minimum atomic E-state index is -0.220. The van der Waals surface area contributed by atoms with E-state index in [0.717, 1.165) is 26.6 Å². The molecule has 0 atom stereocenters. The summed E-state index contributed by atoms with van der Waals surface area (Å²) >= 11 is 2.19.